The summed E-state index contributed by atoms with van der Waals surface area (Å²) in [6.07, 6.45) is 1.84. The predicted molar refractivity (Wildman–Crippen MR) is 109 cm³/mol. The number of carbonyl (C=O) groups excluding carboxylic acids is 2. The highest BCUT2D eigenvalue weighted by Crippen LogP contribution is 2.22. The van der Waals surface area contributed by atoms with Gasteiger partial charge in [0.1, 0.15) is 12.2 Å². The van der Waals surface area contributed by atoms with Crippen LogP contribution < -0.4 is 0 Å². The lowest BCUT2D eigenvalue weighted by molar-refractivity contribution is -0.175. The summed E-state index contributed by atoms with van der Waals surface area (Å²) >= 11 is 0. The minimum Gasteiger partial charge on any atom is -0.458 e. The molecule has 6 atom stereocenters. The van der Waals surface area contributed by atoms with Crippen LogP contribution in [0, 0.1) is 5.92 Å². The highest BCUT2D eigenvalue weighted by Gasteiger charge is 2.35. The Hall–Kier alpha value is -1.70. The molecule has 0 aliphatic carbocycles. The van der Waals surface area contributed by atoms with Gasteiger partial charge in [-0.05, 0) is 25.7 Å². The van der Waals surface area contributed by atoms with Gasteiger partial charge in [-0.3, -0.25) is 4.79 Å². The van der Waals surface area contributed by atoms with Gasteiger partial charge in [0.15, 0.2) is 6.10 Å². The molecule has 0 spiro atoms. The van der Waals surface area contributed by atoms with Crippen molar-refractivity contribution < 1.29 is 34.4 Å². The average molecular weight is 413 g/mol. The summed E-state index contributed by atoms with van der Waals surface area (Å²) in [4.78, 5) is 24.8. The molecule has 0 aromatic heterocycles. The van der Waals surface area contributed by atoms with Crippen molar-refractivity contribution in [3.63, 3.8) is 0 Å². The number of aliphatic hydroxyl groups excluding tert-OH is 3. The van der Waals surface area contributed by atoms with Crippen LogP contribution in [0.4, 0.5) is 0 Å². The first-order chi connectivity index (χ1) is 13.7. The molecule has 0 saturated carbocycles. The molecule has 1 rings (SSSR count). The Morgan fingerprint density at radius 1 is 1.24 bits per heavy atom. The number of ether oxygens (including phenoxy) is 2. The molecule has 0 bridgehead atoms. The molecule has 0 aromatic rings. The molecule has 3 N–H and O–H groups in total. The Balaban J connectivity index is 3.12. The van der Waals surface area contributed by atoms with E-state index >= 15 is 0 Å². The van der Waals surface area contributed by atoms with Crippen molar-refractivity contribution in [1.29, 1.82) is 0 Å². The Kier molecular flexibility index (Phi) is 11.2. The number of esters is 2. The lowest BCUT2D eigenvalue weighted by Crippen LogP contribution is -2.44. The number of rotatable bonds is 8. The first-order valence-electron chi connectivity index (χ1n) is 10.5. The second-order valence-corrected chi connectivity index (χ2v) is 7.77. The van der Waals surface area contributed by atoms with Crippen molar-refractivity contribution in [2.24, 2.45) is 5.92 Å². The Labute approximate surface area is 173 Å². The van der Waals surface area contributed by atoms with Gasteiger partial charge >= 0.3 is 11.9 Å². The van der Waals surface area contributed by atoms with E-state index in [1.54, 1.807) is 6.92 Å². The summed E-state index contributed by atoms with van der Waals surface area (Å²) in [6, 6.07) is 0. The number of unbranched alkanes of at least 4 members (excludes halogenated alkanes) is 2. The van der Waals surface area contributed by atoms with E-state index in [0.29, 0.717) is 12.0 Å². The predicted octanol–water partition coefficient (Wildman–Crippen LogP) is 2.43. The zero-order valence-electron chi connectivity index (χ0n) is 17.9. The maximum atomic E-state index is 12.6. The Morgan fingerprint density at radius 2 is 1.90 bits per heavy atom. The topological polar surface area (TPSA) is 113 Å². The molecular formula is C22H36O7. The summed E-state index contributed by atoms with van der Waals surface area (Å²) in [5, 5.41) is 30.4. The van der Waals surface area contributed by atoms with Crippen molar-refractivity contribution in [3.8, 4) is 0 Å². The summed E-state index contributed by atoms with van der Waals surface area (Å²) in [5.41, 5.74) is 0.418. The van der Waals surface area contributed by atoms with Crippen LogP contribution in [0.3, 0.4) is 0 Å². The summed E-state index contributed by atoms with van der Waals surface area (Å²) in [7, 11) is 0. The molecule has 7 heteroatoms. The quantitative estimate of drug-likeness (QED) is 0.243. The molecule has 7 nitrogen and oxygen atoms in total. The SMILES string of the molecule is CCCCCC1OC(=O)CC(O)C(O)/C=C/C(O)C1OC(=O)/C(C)=C\C(C)CC. The lowest BCUT2D eigenvalue weighted by Gasteiger charge is -2.31. The first kappa shape index (κ1) is 25.3. The second-order valence-electron chi connectivity index (χ2n) is 7.77. The summed E-state index contributed by atoms with van der Waals surface area (Å²) < 4.78 is 11.0. The summed E-state index contributed by atoms with van der Waals surface area (Å²) in [6.45, 7) is 7.68. The third-order valence-corrected chi connectivity index (χ3v) is 5.10. The van der Waals surface area contributed by atoms with Crippen molar-refractivity contribution in [1.82, 2.24) is 0 Å². The van der Waals surface area contributed by atoms with Crippen LogP contribution in [0.15, 0.2) is 23.8 Å². The highest BCUT2D eigenvalue weighted by molar-refractivity contribution is 5.88. The third kappa shape index (κ3) is 8.68. The number of hydrogen-bond donors (Lipinski definition) is 3. The van der Waals surface area contributed by atoms with Crippen molar-refractivity contribution in [3.05, 3.63) is 23.8 Å². The normalized spacial score (nSPS) is 30.9. The molecule has 0 amide bonds. The number of aliphatic hydroxyl groups is 3. The molecule has 1 heterocycles. The van der Waals surface area contributed by atoms with E-state index < -0.39 is 42.5 Å². The van der Waals surface area contributed by atoms with Gasteiger partial charge in [0.25, 0.3) is 0 Å². The molecule has 166 valence electrons. The molecule has 6 unspecified atom stereocenters. The standard InChI is InChI=1S/C22H36O7/c1-5-7-8-9-19-21(29-22(27)15(4)12-14(3)6-2)17(24)11-10-16(23)18(25)13-20(26)28-19/h10-12,14,16-19,21,23-25H,5-9,13H2,1-4H3/b11-10+,15-12-. The van der Waals surface area contributed by atoms with Gasteiger partial charge in [0.2, 0.25) is 0 Å². The van der Waals surface area contributed by atoms with Crippen LogP contribution in [-0.2, 0) is 19.1 Å². The van der Waals surface area contributed by atoms with Crippen molar-refractivity contribution >= 4 is 11.9 Å². The van der Waals surface area contributed by atoms with Crippen LogP contribution >= 0.6 is 0 Å². The van der Waals surface area contributed by atoms with Gasteiger partial charge in [-0.25, -0.2) is 4.79 Å². The maximum absolute atomic E-state index is 12.6. The van der Waals surface area contributed by atoms with Crippen LogP contribution in [-0.4, -0.2) is 57.8 Å². The molecule has 0 radical (unpaired) electrons. The van der Waals surface area contributed by atoms with E-state index in [2.05, 4.69) is 0 Å². The molecule has 1 aliphatic rings. The van der Waals surface area contributed by atoms with E-state index in [0.717, 1.165) is 25.7 Å². The number of cyclic esters (lactones) is 1. The number of allylic oxidation sites excluding steroid dienone is 1. The van der Waals surface area contributed by atoms with E-state index in [1.165, 1.54) is 12.2 Å². The number of hydrogen-bond acceptors (Lipinski definition) is 7. The van der Waals surface area contributed by atoms with Gasteiger partial charge < -0.3 is 24.8 Å². The minimum atomic E-state index is -1.34. The van der Waals surface area contributed by atoms with Crippen LogP contribution in [0.25, 0.3) is 0 Å². The van der Waals surface area contributed by atoms with E-state index in [4.69, 9.17) is 9.47 Å². The Bertz CT molecular complexity index is 584. The minimum absolute atomic E-state index is 0.200. The van der Waals surface area contributed by atoms with Gasteiger partial charge in [0, 0.05) is 5.57 Å². The molecule has 0 aromatic carbocycles. The zero-order chi connectivity index (χ0) is 22.0. The monoisotopic (exact) mass is 412 g/mol. The van der Waals surface area contributed by atoms with E-state index in [1.807, 2.05) is 26.8 Å². The zero-order valence-corrected chi connectivity index (χ0v) is 17.9. The largest absolute Gasteiger partial charge is 0.458 e. The molecule has 29 heavy (non-hydrogen) atoms. The van der Waals surface area contributed by atoms with Crippen LogP contribution in [0.2, 0.25) is 0 Å². The highest BCUT2D eigenvalue weighted by atomic mass is 16.6. The third-order valence-electron chi connectivity index (χ3n) is 5.10. The molecule has 0 saturated heterocycles. The molecular weight excluding hydrogens is 376 g/mol. The van der Waals surface area contributed by atoms with Crippen LogP contribution in [0.1, 0.15) is 66.2 Å². The maximum Gasteiger partial charge on any atom is 0.333 e. The fraction of sp³-hybridized carbons (Fsp3) is 0.727. The van der Waals surface area contributed by atoms with Crippen LogP contribution in [0.5, 0.6) is 0 Å². The first-order valence-corrected chi connectivity index (χ1v) is 10.5. The van der Waals surface area contributed by atoms with Crippen molar-refractivity contribution in [2.75, 3.05) is 0 Å². The fourth-order valence-electron chi connectivity index (χ4n) is 3.05. The van der Waals surface area contributed by atoms with Gasteiger partial charge in [-0.15, -0.1) is 0 Å². The molecule has 1 aliphatic heterocycles. The van der Waals surface area contributed by atoms with Gasteiger partial charge in [-0.1, -0.05) is 58.3 Å². The molecule has 0 fully saturated rings. The van der Waals surface area contributed by atoms with E-state index in [9.17, 15) is 24.9 Å². The van der Waals surface area contributed by atoms with E-state index in [-0.39, 0.29) is 12.3 Å². The van der Waals surface area contributed by atoms with Gasteiger partial charge in [0.05, 0.1) is 18.6 Å². The summed E-state index contributed by atoms with van der Waals surface area (Å²) in [5.74, 6) is -1.10. The average Bonchev–Trinajstić information content (AvgIpc) is 2.68. The smallest absolute Gasteiger partial charge is 0.333 e. The number of carbonyl (C=O) groups is 2. The van der Waals surface area contributed by atoms with Crippen molar-refractivity contribution in [2.45, 2.75) is 96.7 Å². The fourth-order valence-corrected chi connectivity index (χ4v) is 3.05. The van der Waals surface area contributed by atoms with Gasteiger partial charge in [-0.2, -0.15) is 0 Å². The lowest BCUT2D eigenvalue weighted by atomic mass is 9.98. The Morgan fingerprint density at radius 3 is 2.52 bits per heavy atom. The second kappa shape index (κ2) is 12.8.